The number of ketones is 1. The first kappa shape index (κ1) is 36.3. The number of oxime groups is 1. The molecule has 20 heteroatoms. The Morgan fingerprint density at radius 2 is 1.79 bits per heavy atom. The van der Waals surface area contributed by atoms with E-state index in [1.807, 2.05) is 0 Å². The molecule has 6 heterocycles. The lowest BCUT2D eigenvalue weighted by atomic mass is 9.85. The number of hydrazine groups is 1. The number of fused-ring (bicyclic) bond motifs is 4. The number of nitrogens with one attached hydrogen (secondary N) is 1. The van der Waals surface area contributed by atoms with Crippen molar-refractivity contribution in [1.82, 2.24) is 20.3 Å². The van der Waals surface area contributed by atoms with Gasteiger partial charge < -0.3 is 40.3 Å². The highest BCUT2D eigenvalue weighted by molar-refractivity contribution is 8.00. The molecule has 5 aliphatic rings. The first-order valence-corrected chi connectivity index (χ1v) is 18.5. The van der Waals surface area contributed by atoms with Crippen LogP contribution in [-0.2, 0) is 24.0 Å². The van der Waals surface area contributed by atoms with E-state index < -0.39 is 63.8 Å². The molecule has 2 bridgehead atoms. The number of piperidine rings is 1. The van der Waals surface area contributed by atoms with Gasteiger partial charge in [0.25, 0.3) is 11.8 Å². The number of quaternary nitrogens is 1. The summed E-state index contributed by atoms with van der Waals surface area (Å²) in [5.41, 5.74) is 6.68. The molecular formula is C33H35N7O11S2. The molecule has 0 aliphatic carbocycles. The molecule has 1 aromatic heterocycles. The number of anilines is 1. The lowest BCUT2D eigenvalue weighted by molar-refractivity contribution is -0.905. The number of nitrogens with zero attached hydrogens (tertiary/aromatic N) is 5. The first-order chi connectivity index (χ1) is 24.9. The minimum absolute atomic E-state index is 0.0210. The number of thiazole rings is 1. The van der Waals surface area contributed by atoms with Crippen LogP contribution in [0.25, 0.3) is 0 Å². The number of carbonyl (C=O) groups is 6. The summed E-state index contributed by atoms with van der Waals surface area (Å²) in [7, 11) is 0. The fourth-order valence-corrected chi connectivity index (χ4v) is 9.73. The predicted octanol–water partition coefficient (Wildman–Crippen LogP) is -0.374. The molecule has 3 fully saturated rings. The monoisotopic (exact) mass is 769 g/mol. The maximum Gasteiger partial charge on any atom is 0.350 e. The molecule has 0 saturated carbocycles. The van der Waals surface area contributed by atoms with Crippen LogP contribution in [0.3, 0.4) is 0 Å². The number of nitrogen functional groups attached to an aromatic ring is 1. The second-order valence-electron chi connectivity index (χ2n) is 14.6. The Hall–Kier alpha value is -5.05. The van der Waals surface area contributed by atoms with E-state index in [4.69, 9.17) is 10.6 Å². The number of phenols is 2. The van der Waals surface area contributed by atoms with Crippen molar-refractivity contribution in [3.8, 4) is 11.5 Å². The molecule has 53 heavy (non-hydrogen) atoms. The number of amides is 3. The van der Waals surface area contributed by atoms with Crippen LogP contribution in [0.2, 0.25) is 0 Å². The van der Waals surface area contributed by atoms with Crippen molar-refractivity contribution in [2.75, 3.05) is 44.2 Å². The SMILES string of the molecule is CC(C)(O/N=C(\C(=O)C[C@@H]1C(=O)N2C(C(=O)[O-])=C(C[N+]34CCC(CNN5C(=O)c6cc(O)c(O)cc6C5=O)(CC3)C4)CS[C@H]12)c1csc(N)n1)C(=O)O. The standard InChI is InChI=1S/C33H35N7O11S2/c1-32(2,30(49)50)51-37-23(19-12-53-31(34)36-19)22(43)9-18-25(44)38-24(29(47)48)15(11-52-28(18)38)10-40-5-3-33(14-40,4-6-40)13-35-39-26(45)16-7-20(41)21(42)8-17(16)27(39)46/h7-8,12,18,28,35H,3-6,9-11,13-14H2,1-2H3,(H5-,34,36,37,41,42,43,45,46,47,48,49,50)/t18-,28-,33?,40?/m1/s1. The molecule has 7 rings (SSSR count). The Morgan fingerprint density at radius 1 is 1.15 bits per heavy atom. The van der Waals surface area contributed by atoms with Crippen molar-refractivity contribution < 1.29 is 58.5 Å². The van der Waals surface area contributed by atoms with E-state index in [1.165, 1.54) is 35.9 Å². The van der Waals surface area contributed by atoms with E-state index in [0.717, 1.165) is 41.3 Å². The molecule has 280 valence electrons. The molecule has 18 nitrogen and oxygen atoms in total. The van der Waals surface area contributed by atoms with Crippen LogP contribution in [0.4, 0.5) is 5.13 Å². The van der Waals surface area contributed by atoms with Gasteiger partial charge in [-0.25, -0.2) is 20.2 Å². The zero-order valence-electron chi connectivity index (χ0n) is 28.5. The smallest absolute Gasteiger partial charge is 0.350 e. The Kier molecular flexibility index (Phi) is 8.78. The summed E-state index contributed by atoms with van der Waals surface area (Å²) >= 11 is 2.37. The molecular weight excluding hydrogens is 735 g/mol. The van der Waals surface area contributed by atoms with Crippen LogP contribution in [0.15, 0.2) is 33.9 Å². The van der Waals surface area contributed by atoms with Crippen LogP contribution in [0.1, 0.15) is 59.5 Å². The van der Waals surface area contributed by atoms with Crippen LogP contribution < -0.4 is 16.3 Å². The fourth-order valence-electron chi connectivity index (χ4n) is 7.78. The minimum Gasteiger partial charge on any atom is -0.543 e. The summed E-state index contributed by atoms with van der Waals surface area (Å²) in [5, 5.41) is 47.3. The molecule has 0 radical (unpaired) electrons. The number of carbonyl (C=O) groups excluding carboxylic acids is 5. The molecule has 1 aromatic carbocycles. The van der Waals surface area contributed by atoms with Gasteiger partial charge in [-0.1, -0.05) is 5.16 Å². The van der Waals surface area contributed by atoms with Gasteiger partial charge in [-0.05, 0) is 26.0 Å². The zero-order valence-corrected chi connectivity index (χ0v) is 30.1. The number of aromatic hydroxyl groups is 2. The molecule has 5 aliphatic heterocycles. The molecule has 2 atom stereocenters. The third kappa shape index (κ3) is 6.17. The van der Waals surface area contributed by atoms with E-state index >= 15 is 0 Å². The number of phenolic OH excluding ortho intramolecular Hbond substituents is 2. The van der Waals surface area contributed by atoms with E-state index in [9.17, 15) is 49.2 Å². The van der Waals surface area contributed by atoms with E-state index in [1.54, 1.807) is 0 Å². The number of nitrogens with two attached hydrogens (primary N) is 1. The van der Waals surface area contributed by atoms with Crippen molar-refractivity contribution in [3.63, 3.8) is 0 Å². The van der Waals surface area contributed by atoms with Gasteiger partial charge in [-0.2, -0.15) is 0 Å². The van der Waals surface area contributed by atoms with Gasteiger partial charge in [0, 0.05) is 47.9 Å². The van der Waals surface area contributed by atoms with Gasteiger partial charge in [0.2, 0.25) is 11.5 Å². The molecule has 3 saturated heterocycles. The number of carboxylic acids is 2. The topological polar surface area (TPSA) is 265 Å². The molecule has 0 unspecified atom stereocenters. The molecule has 3 amide bonds. The summed E-state index contributed by atoms with van der Waals surface area (Å²) < 4.78 is 0.552. The summed E-state index contributed by atoms with van der Waals surface area (Å²) in [6.07, 6.45) is 1.12. The Balaban J connectivity index is 1.03. The van der Waals surface area contributed by atoms with Gasteiger partial charge in [0.15, 0.2) is 28.1 Å². The quantitative estimate of drug-likeness (QED) is 0.0435. The minimum atomic E-state index is -1.78. The number of Topliss-reactive ketones (excluding diaryl/α,β-unsaturated/α-hetero) is 1. The molecule has 0 spiro atoms. The lowest BCUT2D eigenvalue weighted by Gasteiger charge is -2.51. The van der Waals surface area contributed by atoms with Crippen molar-refractivity contribution in [3.05, 3.63) is 45.6 Å². The number of aliphatic carboxylic acids is 2. The second-order valence-corrected chi connectivity index (χ2v) is 16.6. The highest BCUT2D eigenvalue weighted by Crippen LogP contribution is 2.49. The van der Waals surface area contributed by atoms with Gasteiger partial charge in [-0.3, -0.25) is 24.1 Å². The van der Waals surface area contributed by atoms with E-state index in [0.29, 0.717) is 36.2 Å². The Morgan fingerprint density at radius 3 is 2.36 bits per heavy atom. The number of imide groups is 1. The average Bonchev–Trinajstić information content (AvgIpc) is 3.85. The van der Waals surface area contributed by atoms with Gasteiger partial charge in [-0.15, -0.1) is 23.1 Å². The summed E-state index contributed by atoms with van der Waals surface area (Å²) in [5.74, 6) is -6.96. The average molecular weight is 770 g/mol. The first-order valence-electron chi connectivity index (χ1n) is 16.6. The number of benzene rings is 1. The van der Waals surface area contributed by atoms with Crippen molar-refractivity contribution in [2.45, 2.75) is 44.1 Å². The van der Waals surface area contributed by atoms with Crippen LogP contribution in [-0.4, -0.2) is 125 Å². The predicted molar refractivity (Wildman–Crippen MR) is 184 cm³/mol. The van der Waals surface area contributed by atoms with Crippen LogP contribution in [0.5, 0.6) is 11.5 Å². The van der Waals surface area contributed by atoms with E-state index in [-0.39, 0.29) is 57.5 Å². The van der Waals surface area contributed by atoms with Gasteiger partial charge in [0.1, 0.15) is 12.2 Å². The second kappa shape index (κ2) is 12.8. The van der Waals surface area contributed by atoms with Crippen molar-refractivity contribution in [2.24, 2.45) is 16.5 Å². The van der Waals surface area contributed by atoms with Crippen LogP contribution in [0, 0.1) is 11.3 Å². The largest absolute Gasteiger partial charge is 0.543 e. The summed E-state index contributed by atoms with van der Waals surface area (Å²) in [6.45, 7) is 5.19. The molecule has 2 aromatic rings. The van der Waals surface area contributed by atoms with Crippen molar-refractivity contribution in [1.29, 1.82) is 0 Å². The number of hydrogen-bond acceptors (Lipinski definition) is 16. The molecule has 6 N–H and O–H groups in total. The Bertz CT molecular complexity index is 2010. The summed E-state index contributed by atoms with van der Waals surface area (Å²) in [4.78, 5) is 87.5. The Labute approximate surface area is 309 Å². The number of β-lactam (4-membered cyclic amide) rings is 1. The number of rotatable bonds is 13. The third-order valence-corrected chi connectivity index (χ3v) is 12.8. The highest BCUT2D eigenvalue weighted by Gasteiger charge is 2.58. The number of hydrogen-bond donors (Lipinski definition) is 5. The van der Waals surface area contributed by atoms with E-state index in [2.05, 4.69) is 15.6 Å². The number of thioether (sulfide) groups is 1. The van der Waals surface area contributed by atoms with Crippen molar-refractivity contribution >= 4 is 69.4 Å². The maximum atomic E-state index is 13.5. The normalized spacial score (nSPS) is 26.5. The van der Waals surface area contributed by atoms with Gasteiger partial charge >= 0.3 is 5.97 Å². The van der Waals surface area contributed by atoms with Gasteiger partial charge in [0.05, 0.1) is 53.7 Å². The lowest BCUT2D eigenvalue weighted by Crippen LogP contribution is -2.63. The zero-order chi connectivity index (χ0) is 38.2. The summed E-state index contributed by atoms with van der Waals surface area (Å²) in [6, 6.07) is 2.11. The number of aromatic nitrogens is 1. The van der Waals surface area contributed by atoms with Crippen LogP contribution >= 0.6 is 23.1 Å². The maximum absolute atomic E-state index is 13.5. The third-order valence-electron chi connectivity index (χ3n) is 10.7. The highest BCUT2D eigenvalue weighted by atomic mass is 32.2. The fraction of sp³-hybridized carbons (Fsp3) is 0.455. The number of carboxylic acid groups (broad SMARTS) is 2.